The predicted molar refractivity (Wildman–Crippen MR) is 113 cm³/mol. The first-order chi connectivity index (χ1) is 12.7. The van der Waals surface area contributed by atoms with E-state index in [1.54, 1.807) is 0 Å². The van der Waals surface area contributed by atoms with Gasteiger partial charge in [0.05, 0.1) is 0 Å². The lowest BCUT2D eigenvalue weighted by Gasteiger charge is -2.31. The Kier molecular flexibility index (Phi) is 10.9. The van der Waals surface area contributed by atoms with Crippen molar-refractivity contribution in [3.05, 3.63) is 0 Å². The number of hydrogen-bond acceptors (Lipinski definition) is 1. The van der Waals surface area contributed by atoms with Crippen molar-refractivity contribution in [3.63, 3.8) is 0 Å². The first kappa shape index (κ1) is 22.0. The number of carbonyl (C=O) groups excluding carboxylic acids is 1. The molecule has 2 aliphatic carbocycles. The van der Waals surface area contributed by atoms with Crippen LogP contribution in [0.1, 0.15) is 123 Å². The van der Waals surface area contributed by atoms with Crippen LogP contribution >= 0.6 is 0 Å². The quantitative estimate of drug-likeness (QED) is 0.254. The largest absolute Gasteiger partial charge is 0.303 e. The highest BCUT2D eigenvalue weighted by Gasteiger charge is 2.24. The molecule has 4 unspecified atom stereocenters. The van der Waals surface area contributed by atoms with Crippen molar-refractivity contribution in [1.29, 1.82) is 0 Å². The molecular weight excluding hydrogens is 316 g/mol. The number of hydrogen-bond donors (Lipinski definition) is 0. The van der Waals surface area contributed by atoms with E-state index in [1.165, 1.54) is 109 Å². The summed E-state index contributed by atoms with van der Waals surface area (Å²) in [5, 5.41) is 0. The Hall–Kier alpha value is -0.330. The molecule has 2 saturated carbocycles. The standard InChI is InChI=1S/C25H46O/c1-21-17-22(2)19-23(18-21)13-9-7-5-3-4-6-8-10-14-24-15-11-12-16-25(24)20-26/h20-25H,3-19H2,1-2H3. The molecule has 0 spiro atoms. The van der Waals surface area contributed by atoms with E-state index in [0.29, 0.717) is 11.8 Å². The van der Waals surface area contributed by atoms with Crippen molar-refractivity contribution in [1.82, 2.24) is 0 Å². The second-order valence-electron chi connectivity index (χ2n) is 10.0. The highest BCUT2D eigenvalue weighted by molar-refractivity contribution is 5.54. The van der Waals surface area contributed by atoms with Crippen LogP contribution in [-0.4, -0.2) is 6.29 Å². The van der Waals surface area contributed by atoms with Gasteiger partial charge in [0, 0.05) is 5.92 Å². The van der Waals surface area contributed by atoms with Gasteiger partial charge in [-0.05, 0) is 62.2 Å². The maximum atomic E-state index is 11.2. The molecule has 152 valence electrons. The second-order valence-corrected chi connectivity index (χ2v) is 10.0. The van der Waals surface area contributed by atoms with Crippen molar-refractivity contribution in [2.75, 3.05) is 0 Å². The Morgan fingerprint density at radius 3 is 1.85 bits per heavy atom. The molecule has 2 aliphatic rings. The molecule has 0 aromatic rings. The van der Waals surface area contributed by atoms with Gasteiger partial charge in [0.1, 0.15) is 6.29 Å². The molecule has 4 atom stereocenters. The summed E-state index contributed by atoms with van der Waals surface area (Å²) < 4.78 is 0. The molecule has 2 fully saturated rings. The molecule has 0 amide bonds. The minimum absolute atomic E-state index is 0.388. The highest BCUT2D eigenvalue weighted by atomic mass is 16.1. The molecule has 0 aliphatic heterocycles. The van der Waals surface area contributed by atoms with E-state index in [4.69, 9.17) is 0 Å². The second kappa shape index (κ2) is 12.9. The molecule has 26 heavy (non-hydrogen) atoms. The summed E-state index contributed by atoms with van der Waals surface area (Å²) in [5.74, 6) is 4.08. The summed E-state index contributed by atoms with van der Waals surface area (Å²) in [6.45, 7) is 4.91. The average molecular weight is 363 g/mol. The Morgan fingerprint density at radius 2 is 1.23 bits per heavy atom. The van der Waals surface area contributed by atoms with E-state index in [0.717, 1.165) is 24.2 Å². The minimum Gasteiger partial charge on any atom is -0.303 e. The molecule has 0 aromatic heterocycles. The highest BCUT2D eigenvalue weighted by Crippen LogP contribution is 2.35. The fourth-order valence-corrected chi connectivity index (χ4v) is 6.02. The maximum absolute atomic E-state index is 11.2. The molecular formula is C25H46O. The van der Waals surface area contributed by atoms with Crippen LogP contribution < -0.4 is 0 Å². The molecule has 0 saturated heterocycles. The number of carbonyl (C=O) groups is 1. The normalized spacial score (nSPS) is 32.5. The summed E-state index contributed by atoms with van der Waals surface area (Å²) in [6, 6.07) is 0. The fourth-order valence-electron chi connectivity index (χ4n) is 6.02. The molecule has 1 heteroatoms. The van der Waals surface area contributed by atoms with E-state index in [2.05, 4.69) is 13.8 Å². The van der Waals surface area contributed by atoms with Crippen LogP contribution in [0.15, 0.2) is 0 Å². The van der Waals surface area contributed by atoms with E-state index >= 15 is 0 Å². The van der Waals surface area contributed by atoms with Crippen LogP contribution in [-0.2, 0) is 4.79 Å². The zero-order valence-corrected chi connectivity index (χ0v) is 17.9. The molecule has 0 aromatic carbocycles. The molecule has 1 nitrogen and oxygen atoms in total. The third kappa shape index (κ3) is 8.57. The van der Waals surface area contributed by atoms with Gasteiger partial charge in [-0.25, -0.2) is 0 Å². The molecule has 2 rings (SSSR count). The van der Waals surface area contributed by atoms with Gasteiger partial charge < -0.3 is 4.79 Å². The average Bonchev–Trinajstić information content (AvgIpc) is 2.62. The zero-order chi connectivity index (χ0) is 18.6. The minimum atomic E-state index is 0.388. The van der Waals surface area contributed by atoms with E-state index in [9.17, 15) is 4.79 Å². The fraction of sp³-hybridized carbons (Fsp3) is 0.960. The van der Waals surface area contributed by atoms with Crippen molar-refractivity contribution in [2.24, 2.45) is 29.6 Å². The van der Waals surface area contributed by atoms with E-state index < -0.39 is 0 Å². The van der Waals surface area contributed by atoms with Crippen LogP contribution in [0.25, 0.3) is 0 Å². The summed E-state index contributed by atoms with van der Waals surface area (Å²) in [5.41, 5.74) is 0. The Bertz CT molecular complexity index is 353. The number of aldehydes is 1. The number of unbranched alkanes of at least 4 members (excludes halogenated alkanes) is 7. The number of rotatable bonds is 12. The summed E-state index contributed by atoms with van der Waals surface area (Å²) >= 11 is 0. The van der Waals surface area contributed by atoms with Crippen LogP contribution in [0.4, 0.5) is 0 Å². The lowest BCUT2D eigenvalue weighted by molar-refractivity contribution is -0.113. The van der Waals surface area contributed by atoms with E-state index in [-0.39, 0.29) is 0 Å². The van der Waals surface area contributed by atoms with Gasteiger partial charge in [0.25, 0.3) is 0 Å². The van der Waals surface area contributed by atoms with Gasteiger partial charge >= 0.3 is 0 Å². The first-order valence-electron chi connectivity index (χ1n) is 12.1. The van der Waals surface area contributed by atoms with Crippen molar-refractivity contribution in [2.45, 2.75) is 123 Å². The van der Waals surface area contributed by atoms with Crippen molar-refractivity contribution >= 4 is 6.29 Å². The maximum Gasteiger partial charge on any atom is 0.123 e. The van der Waals surface area contributed by atoms with Crippen LogP contribution in [0.3, 0.4) is 0 Å². The van der Waals surface area contributed by atoms with Gasteiger partial charge in [0.2, 0.25) is 0 Å². The Balaban J connectivity index is 1.37. The van der Waals surface area contributed by atoms with Gasteiger partial charge in [-0.1, -0.05) is 84.5 Å². The Labute approximate surface area is 164 Å². The molecule has 0 heterocycles. The zero-order valence-electron chi connectivity index (χ0n) is 17.9. The third-order valence-electron chi connectivity index (χ3n) is 7.36. The summed E-state index contributed by atoms with van der Waals surface area (Å²) in [6.07, 6.45) is 25.0. The molecule has 0 bridgehead atoms. The van der Waals surface area contributed by atoms with Crippen LogP contribution in [0, 0.1) is 29.6 Å². The SMILES string of the molecule is CC1CC(C)CC(CCCCCCCCCCC2CCCCC2C=O)C1. The monoisotopic (exact) mass is 362 g/mol. The van der Waals surface area contributed by atoms with Crippen LogP contribution in [0.2, 0.25) is 0 Å². The smallest absolute Gasteiger partial charge is 0.123 e. The summed E-state index contributed by atoms with van der Waals surface area (Å²) in [7, 11) is 0. The Morgan fingerprint density at radius 1 is 0.692 bits per heavy atom. The molecule has 0 radical (unpaired) electrons. The van der Waals surface area contributed by atoms with Crippen molar-refractivity contribution in [3.8, 4) is 0 Å². The third-order valence-corrected chi connectivity index (χ3v) is 7.36. The lowest BCUT2D eigenvalue weighted by atomic mass is 9.75. The lowest BCUT2D eigenvalue weighted by Crippen LogP contribution is -2.20. The summed E-state index contributed by atoms with van der Waals surface area (Å²) in [4.78, 5) is 11.2. The van der Waals surface area contributed by atoms with E-state index in [1.807, 2.05) is 0 Å². The molecule has 0 N–H and O–H groups in total. The van der Waals surface area contributed by atoms with Gasteiger partial charge in [-0.2, -0.15) is 0 Å². The van der Waals surface area contributed by atoms with Gasteiger partial charge in [-0.3, -0.25) is 0 Å². The topological polar surface area (TPSA) is 17.1 Å². The van der Waals surface area contributed by atoms with Gasteiger partial charge in [-0.15, -0.1) is 0 Å². The predicted octanol–water partition coefficient (Wildman–Crippen LogP) is 7.97. The van der Waals surface area contributed by atoms with Gasteiger partial charge in [0.15, 0.2) is 0 Å². The first-order valence-corrected chi connectivity index (χ1v) is 12.1. The van der Waals surface area contributed by atoms with Crippen LogP contribution in [0.5, 0.6) is 0 Å². The van der Waals surface area contributed by atoms with Crippen molar-refractivity contribution < 1.29 is 4.79 Å².